The molecule has 0 heterocycles. The Hall–Kier alpha value is -1.44. The molecule has 0 saturated heterocycles. The minimum absolute atomic E-state index is 0.0412. The fraction of sp³-hybridized carbons (Fsp3) is 0.200. The largest absolute Gasteiger partial charge is 0.289 e. The quantitative estimate of drug-likeness (QED) is 0.536. The maximum absolute atomic E-state index is 11.2. The normalized spacial score (nSPS) is 21.7. The van der Waals surface area contributed by atoms with Crippen molar-refractivity contribution in [3.63, 3.8) is 0 Å². The second kappa shape index (κ2) is 2.55. The Morgan fingerprint density at radius 2 is 1.25 bits per heavy atom. The molecule has 60 valence electrons. The maximum Gasteiger partial charge on any atom is 0.186 e. The standard InChI is InChI=1S/C10H8O2/c11-9-5-6-10(12)8-4-2-1-3-7(8)9/h3-6H,1-2H2. The summed E-state index contributed by atoms with van der Waals surface area (Å²) < 4.78 is 0. The van der Waals surface area contributed by atoms with E-state index in [0.717, 1.165) is 12.8 Å². The maximum atomic E-state index is 11.2. The molecular formula is C10H8O2. The highest BCUT2D eigenvalue weighted by Crippen LogP contribution is 2.24. The van der Waals surface area contributed by atoms with Gasteiger partial charge in [-0.3, -0.25) is 9.59 Å². The van der Waals surface area contributed by atoms with E-state index >= 15 is 0 Å². The highest BCUT2D eigenvalue weighted by molar-refractivity contribution is 6.25. The van der Waals surface area contributed by atoms with Gasteiger partial charge in [-0.15, -0.1) is 0 Å². The van der Waals surface area contributed by atoms with Crippen LogP contribution in [-0.2, 0) is 9.59 Å². The number of rotatable bonds is 0. The highest BCUT2D eigenvalue weighted by atomic mass is 16.1. The molecule has 0 fully saturated rings. The zero-order valence-corrected chi connectivity index (χ0v) is 6.54. The van der Waals surface area contributed by atoms with Crippen LogP contribution < -0.4 is 0 Å². The van der Waals surface area contributed by atoms with Gasteiger partial charge in [0.2, 0.25) is 0 Å². The van der Waals surface area contributed by atoms with Crippen molar-refractivity contribution in [1.82, 2.24) is 0 Å². The van der Waals surface area contributed by atoms with Gasteiger partial charge in [0.1, 0.15) is 0 Å². The summed E-state index contributed by atoms with van der Waals surface area (Å²) in [5, 5.41) is 0. The van der Waals surface area contributed by atoms with Crippen molar-refractivity contribution in [3.05, 3.63) is 35.5 Å². The lowest BCUT2D eigenvalue weighted by Crippen LogP contribution is -2.16. The van der Waals surface area contributed by atoms with Crippen LogP contribution in [0.4, 0.5) is 0 Å². The molecular weight excluding hydrogens is 152 g/mol. The van der Waals surface area contributed by atoms with Gasteiger partial charge in [0.15, 0.2) is 11.6 Å². The molecule has 12 heavy (non-hydrogen) atoms. The Labute approximate surface area is 70.3 Å². The van der Waals surface area contributed by atoms with Gasteiger partial charge in [0, 0.05) is 11.1 Å². The summed E-state index contributed by atoms with van der Waals surface area (Å²) in [6.07, 6.45) is 8.11. The predicted octanol–water partition coefficient (Wildman–Crippen LogP) is 1.34. The van der Waals surface area contributed by atoms with Crippen LogP contribution in [0.2, 0.25) is 0 Å². The van der Waals surface area contributed by atoms with Crippen LogP contribution in [0.15, 0.2) is 35.5 Å². The van der Waals surface area contributed by atoms with E-state index in [1.165, 1.54) is 12.2 Å². The molecule has 0 aromatic carbocycles. The smallest absolute Gasteiger partial charge is 0.186 e. The SMILES string of the molecule is O=C1C=CC(=O)C2=CCCC=C12. The molecule has 2 nitrogen and oxygen atoms in total. The number of fused-ring (bicyclic) bond motifs is 1. The van der Waals surface area contributed by atoms with E-state index in [2.05, 4.69) is 0 Å². The molecule has 0 aromatic rings. The number of hydrogen-bond donors (Lipinski definition) is 0. The number of allylic oxidation sites excluding steroid dienone is 6. The lowest BCUT2D eigenvalue weighted by atomic mass is 9.88. The Balaban J connectivity index is 2.53. The van der Waals surface area contributed by atoms with Gasteiger partial charge in [-0.1, -0.05) is 12.2 Å². The van der Waals surface area contributed by atoms with Gasteiger partial charge < -0.3 is 0 Å². The van der Waals surface area contributed by atoms with Gasteiger partial charge in [0.25, 0.3) is 0 Å². The van der Waals surface area contributed by atoms with Crippen LogP contribution in [0.1, 0.15) is 12.8 Å². The molecule has 0 radical (unpaired) electrons. The van der Waals surface area contributed by atoms with E-state index in [-0.39, 0.29) is 11.6 Å². The third-order valence-electron chi connectivity index (χ3n) is 2.07. The van der Waals surface area contributed by atoms with Crippen LogP contribution in [0.3, 0.4) is 0 Å². The lowest BCUT2D eigenvalue weighted by Gasteiger charge is -2.14. The molecule has 0 spiro atoms. The van der Waals surface area contributed by atoms with Gasteiger partial charge in [0.05, 0.1) is 0 Å². The number of hydrogen-bond acceptors (Lipinski definition) is 2. The summed E-state index contributed by atoms with van der Waals surface area (Å²) in [5.74, 6) is -0.0823. The lowest BCUT2D eigenvalue weighted by molar-refractivity contribution is -0.115. The van der Waals surface area contributed by atoms with E-state index in [0.29, 0.717) is 11.1 Å². The summed E-state index contributed by atoms with van der Waals surface area (Å²) in [6, 6.07) is 0. The van der Waals surface area contributed by atoms with E-state index in [4.69, 9.17) is 0 Å². The average Bonchev–Trinajstić information content (AvgIpc) is 2.12. The topological polar surface area (TPSA) is 34.1 Å². The number of carbonyl (C=O) groups is 2. The fourth-order valence-corrected chi connectivity index (χ4v) is 1.47. The molecule has 2 heteroatoms. The predicted molar refractivity (Wildman–Crippen MR) is 44.6 cm³/mol. The molecule has 0 N–H and O–H groups in total. The zero-order chi connectivity index (χ0) is 8.55. The molecule has 0 aliphatic heterocycles. The van der Waals surface area contributed by atoms with Crippen molar-refractivity contribution < 1.29 is 9.59 Å². The highest BCUT2D eigenvalue weighted by Gasteiger charge is 2.22. The minimum atomic E-state index is -0.0412. The summed E-state index contributed by atoms with van der Waals surface area (Å²) in [4.78, 5) is 22.5. The molecule has 0 atom stereocenters. The van der Waals surface area contributed by atoms with E-state index < -0.39 is 0 Å². The summed E-state index contributed by atoms with van der Waals surface area (Å²) in [6.45, 7) is 0. The molecule has 0 unspecified atom stereocenters. The number of ketones is 2. The van der Waals surface area contributed by atoms with Crippen LogP contribution in [-0.4, -0.2) is 11.6 Å². The summed E-state index contributed by atoms with van der Waals surface area (Å²) in [5.41, 5.74) is 1.18. The van der Waals surface area contributed by atoms with Crippen LogP contribution >= 0.6 is 0 Å². The first-order valence-corrected chi connectivity index (χ1v) is 3.96. The van der Waals surface area contributed by atoms with Crippen molar-refractivity contribution in [2.75, 3.05) is 0 Å². The average molecular weight is 160 g/mol. The van der Waals surface area contributed by atoms with Gasteiger partial charge in [-0.05, 0) is 25.0 Å². The van der Waals surface area contributed by atoms with Crippen LogP contribution in [0.5, 0.6) is 0 Å². The summed E-state index contributed by atoms with van der Waals surface area (Å²) in [7, 11) is 0. The first kappa shape index (κ1) is 7.22. The second-order valence-corrected chi connectivity index (χ2v) is 2.87. The van der Waals surface area contributed by atoms with Gasteiger partial charge in [-0.2, -0.15) is 0 Å². The Kier molecular flexibility index (Phi) is 1.54. The van der Waals surface area contributed by atoms with Gasteiger partial charge in [-0.25, -0.2) is 0 Å². The first-order valence-electron chi connectivity index (χ1n) is 3.96. The monoisotopic (exact) mass is 160 g/mol. The van der Waals surface area contributed by atoms with E-state index in [9.17, 15) is 9.59 Å². The molecule has 2 rings (SSSR count). The first-order chi connectivity index (χ1) is 5.79. The van der Waals surface area contributed by atoms with Crippen molar-refractivity contribution in [1.29, 1.82) is 0 Å². The Morgan fingerprint density at radius 3 is 1.67 bits per heavy atom. The summed E-state index contributed by atoms with van der Waals surface area (Å²) >= 11 is 0. The third-order valence-corrected chi connectivity index (χ3v) is 2.07. The van der Waals surface area contributed by atoms with E-state index in [1.807, 2.05) is 12.2 Å². The van der Waals surface area contributed by atoms with E-state index in [1.54, 1.807) is 0 Å². The van der Waals surface area contributed by atoms with Crippen LogP contribution in [0, 0.1) is 0 Å². The van der Waals surface area contributed by atoms with Crippen molar-refractivity contribution in [3.8, 4) is 0 Å². The fourth-order valence-electron chi connectivity index (χ4n) is 1.47. The van der Waals surface area contributed by atoms with Crippen LogP contribution in [0.25, 0.3) is 0 Å². The Bertz CT molecular complexity index is 309. The molecule has 0 bridgehead atoms. The van der Waals surface area contributed by atoms with Crippen molar-refractivity contribution in [2.45, 2.75) is 12.8 Å². The molecule has 2 aliphatic carbocycles. The van der Waals surface area contributed by atoms with Crippen molar-refractivity contribution >= 4 is 11.6 Å². The third kappa shape index (κ3) is 0.961. The molecule has 2 aliphatic rings. The zero-order valence-electron chi connectivity index (χ0n) is 6.54. The molecule has 0 aromatic heterocycles. The van der Waals surface area contributed by atoms with Gasteiger partial charge >= 0.3 is 0 Å². The number of carbonyl (C=O) groups excluding carboxylic acids is 2. The molecule has 0 saturated carbocycles. The molecule has 0 amide bonds. The Morgan fingerprint density at radius 1 is 0.833 bits per heavy atom. The van der Waals surface area contributed by atoms with Crippen molar-refractivity contribution in [2.24, 2.45) is 0 Å². The minimum Gasteiger partial charge on any atom is -0.289 e. The second-order valence-electron chi connectivity index (χ2n) is 2.87.